The minimum atomic E-state index is -0.948. The second-order valence-electron chi connectivity index (χ2n) is 4.15. The number of allylic oxidation sites excluding steroid dienone is 2. The van der Waals surface area contributed by atoms with E-state index in [2.05, 4.69) is 9.47 Å². The molecule has 0 aromatic rings. The van der Waals surface area contributed by atoms with E-state index in [1.807, 2.05) is 0 Å². The van der Waals surface area contributed by atoms with Crippen LogP contribution in [0, 0.1) is 0 Å². The Balaban J connectivity index is -0.000000291. The van der Waals surface area contributed by atoms with Gasteiger partial charge in [-0.3, -0.25) is 9.59 Å². The molecule has 144 valence electrons. The predicted octanol–water partition coefficient (Wildman–Crippen LogP) is 2.58. The maximum Gasteiger partial charge on any atom is 0.330 e. The molecule has 0 aliphatic carbocycles. The molecule has 0 fully saturated rings. The molecule has 25 heavy (non-hydrogen) atoms. The highest BCUT2D eigenvalue weighted by Crippen LogP contribution is 1.93. The van der Waals surface area contributed by atoms with Gasteiger partial charge in [-0.1, -0.05) is 12.2 Å². The minimum absolute atomic E-state index is 0.0632. The summed E-state index contributed by atoms with van der Waals surface area (Å²) in [5, 5.41) is 16.1. The zero-order valence-electron chi connectivity index (χ0n) is 15.2. The monoisotopic (exact) mass is 360 g/mol. The Bertz CT molecular complexity index is 398. The van der Waals surface area contributed by atoms with Crippen molar-refractivity contribution in [1.29, 1.82) is 0 Å². The lowest BCUT2D eigenvalue weighted by molar-refractivity contribution is -0.139. The van der Waals surface area contributed by atoms with Gasteiger partial charge in [-0.15, -0.1) is 0 Å². The number of rotatable bonds is 8. The van der Waals surface area contributed by atoms with Crippen LogP contribution in [0.5, 0.6) is 0 Å². The van der Waals surface area contributed by atoms with Crippen molar-refractivity contribution < 1.29 is 38.9 Å². The molecule has 0 unspecified atom stereocenters. The number of carbonyl (C=O) groups is 4. The molecule has 8 nitrogen and oxygen atoms in total. The van der Waals surface area contributed by atoms with Gasteiger partial charge in [0.15, 0.2) is 0 Å². The Morgan fingerprint density at radius 3 is 1.28 bits per heavy atom. The normalized spacial score (nSPS) is 9.44. The smallest absolute Gasteiger partial charge is 0.330 e. The van der Waals surface area contributed by atoms with Crippen LogP contribution in [0.4, 0.5) is 0 Å². The summed E-state index contributed by atoms with van der Waals surface area (Å²) in [7, 11) is 0. The van der Waals surface area contributed by atoms with Gasteiger partial charge in [-0.2, -0.15) is 0 Å². The molecule has 0 aliphatic rings. The predicted molar refractivity (Wildman–Crippen MR) is 92.0 cm³/mol. The Kier molecular flexibility index (Phi) is 23.3. The van der Waals surface area contributed by atoms with Crippen LogP contribution in [-0.2, 0) is 28.7 Å². The first kappa shape index (κ1) is 27.2. The molecule has 0 saturated heterocycles. The molecule has 0 rings (SSSR count). The summed E-state index contributed by atoms with van der Waals surface area (Å²) in [6.07, 6.45) is 6.17. The fraction of sp³-hybridized carbons (Fsp3) is 0.529. The van der Waals surface area contributed by atoms with Gasteiger partial charge < -0.3 is 19.7 Å². The van der Waals surface area contributed by atoms with E-state index in [1.165, 1.54) is 12.2 Å². The number of esters is 2. The number of carboxylic acids is 2. The van der Waals surface area contributed by atoms with Crippen molar-refractivity contribution >= 4 is 23.9 Å². The molecule has 0 atom stereocenters. The molecule has 0 bridgehead atoms. The lowest BCUT2D eigenvalue weighted by Crippen LogP contribution is -1.98. The highest BCUT2D eigenvalue weighted by Gasteiger charge is 1.99. The van der Waals surface area contributed by atoms with Gasteiger partial charge in [-0.25, -0.2) is 9.59 Å². The number of ether oxygens (including phenoxy) is 2. The number of hydrogen-bond acceptors (Lipinski definition) is 6. The largest absolute Gasteiger partial charge is 0.481 e. The van der Waals surface area contributed by atoms with E-state index in [0.717, 1.165) is 0 Å². The van der Waals surface area contributed by atoms with E-state index in [0.29, 0.717) is 13.2 Å². The molecule has 2 N–H and O–H groups in total. The first-order valence-electron chi connectivity index (χ1n) is 7.77. The fourth-order valence-electron chi connectivity index (χ4n) is 1.04. The van der Waals surface area contributed by atoms with E-state index in [9.17, 15) is 19.2 Å². The summed E-state index contributed by atoms with van der Waals surface area (Å²) in [6, 6.07) is 0. The molecular weight excluding hydrogens is 332 g/mol. The van der Waals surface area contributed by atoms with Crippen LogP contribution in [0.1, 0.15) is 47.0 Å². The van der Waals surface area contributed by atoms with Gasteiger partial charge in [0.25, 0.3) is 0 Å². The zero-order chi connectivity index (χ0) is 20.1. The second kappa shape index (κ2) is 21.4. The first-order valence-corrected chi connectivity index (χ1v) is 7.77. The van der Waals surface area contributed by atoms with Crippen molar-refractivity contribution in [2.45, 2.75) is 47.0 Å². The third-order valence-electron chi connectivity index (χ3n) is 1.96. The number of aliphatic carboxylic acids is 2. The van der Waals surface area contributed by atoms with E-state index in [-0.39, 0.29) is 31.2 Å². The Morgan fingerprint density at radius 2 is 1.08 bits per heavy atom. The van der Waals surface area contributed by atoms with Gasteiger partial charge in [0, 0.05) is 25.0 Å². The van der Waals surface area contributed by atoms with Crippen molar-refractivity contribution in [2.24, 2.45) is 0 Å². The average Bonchev–Trinajstić information content (AvgIpc) is 2.49. The van der Waals surface area contributed by atoms with Crippen molar-refractivity contribution in [2.75, 3.05) is 13.2 Å². The molecule has 8 heteroatoms. The van der Waals surface area contributed by atoms with Crippen LogP contribution in [0.15, 0.2) is 24.3 Å². The summed E-state index contributed by atoms with van der Waals surface area (Å²) in [6.45, 7) is 8.00. The third-order valence-corrected chi connectivity index (χ3v) is 1.96. The van der Waals surface area contributed by atoms with Crippen LogP contribution in [-0.4, -0.2) is 47.3 Å². The summed E-state index contributed by atoms with van der Waals surface area (Å²) in [5.74, 6) is -2.43. The lowest BCUT2D eigenvalue weighted by atomic mass is 10.2. The topological polar surface area (TPSA) is 127 Å². The molecule has 0 heterocycles. The van der Waals surface area contributed by atoms with E-state index in [1.54, 1.807) is 39.8 Å². The second-order valence-corrected chi connectivity index (χ2v) is 4.15. The number of carbonyl (C=O) groups excluding carboxylic acids is 2. The summed E-state index contributed by atoms with van der Waals surface area (Å²) >= 11 is 0. The van der Waals surface area contributed by atoms with Crippen molar-refractivity contribution in [1.82, 2.24) is 0 Å². The molecule has 0 spiro atoms. The molecule has 0 aliphatic heterocycles. The maximum atomic E-state index is 10.3. The van der Waals surface area contributed by atoms with Gasteiger partial charge in [0.1, 0.15) is 0 Å². The quantitative estimate of drug-likeness (QED) is 0.499. The molecule has 0 saturated carbocycles. The summed E-state index contributed by atoms with van der Waals surface area (Å²) in [5.41, 5.74) is 0. The van der Waals surface area contributed by atoms with Gasteiger partial charge >= 0.3 is 23.9 Å². The molecular formula is C17H28O8. The first-order chi connectivity index (χ1) is 11.7. The fourth-order valence-corrected chi connectivity index (χ4v) is 1.04. The maximum absolute atomic E-state index is 10.3. The highest BCUT2D eigenvalue weighted by molar-refractivity contribution is 5.82. The number of carboxylic acid groups (broad SMARTS) is 2. The van der Waals surface area contributed by atoms with Crippen LogP contribution < -0.4 is 0 Å². The lowest BCUT2D eigenvalue weighted by Gasteiger charge is -1.91. The molecule has 0 aromatic heterocycles. The number of hydrogen-bond donors (Lipinski definition) is 2. The minimum Gasteiger partial charge on any atom is -0.481 e. The van der Waals surface area contributed by atoms with Crippen LogP contribution in [0.25, 0.3) is 0 Å². The molecule has 0 amide bonds. The standard InChI is InChI=1S/2C6H10O2.C5H8O4/c2*1-3-5-6(7)8-4-2;6-4(7)2-1-3-5(8)9/h2*3,5H,4H2,1-2H3;1-3H2,(H,6,7)(H,8,9). The van der Waals surface area contributed by atoms with Crippen LogP contribution in [0.3, 0.4) is 0 Å². The SMILES string of the molecule is CC=CC(=O)OCC.CC=CC(=O)OCC.O=C(O)CCCC(=O)O. The average molecular weight is 360 g/mol. The van der Waals surface area contributed by atoms with Gasteiger partial charge in [0.2, 0.25) is 0 Å². The molecule has 0 aromatic carbocycles. The van der Waals surface area contributed by atoms with E-state index >= 15 is 0 Å². The third kappa shape index (κ3) is 33.9. The van der Waals surface area contributed by atoms with Crippen molar-refractivity contribution in [3.8, 4) is 0 Å². The Hall–Kier alpha value is -2.64. The van der Waals surface area contributed by atoms with Crippen LogP contribution in [0.2, 0.25) is 0 Å². The van der Waals surface area contributed by atoms with Gasteiger partial charge in [0.05, 0.1) is 13.2 Å². The summed E-state index contributed by atoms with van der Waals surface area (Å²) < 4.78 is 9.11. The van der Waals surface area contributed by atoms with Crippen molar-refractivity contribution in [3.05, 3.63) is 24.3 Å². The molecule has 0 radical (unpaired) electrons. The Morgan fingerprint density at radius 1 is 0.760 bits per heavy atom. The Labute approximate surface area is 148 Å². The van der Waals surface area contributed by atoms with Crippen molar-refractivity contribution in [3.63, 3.8) is 0 Å². The van der Waals surface area contributed by atoms with Gasteiger partial charge in [-0.05, 0) is 34.1 Å². The highest BCUT2D eigenvalue weighted by atomic mass is 16.5. The zero-order valence-corrected chi connectivity index (χ0v) is 15.2. The van der Waals surface area contributed by atoms with Crippen LogP contribution >= 0.6 is 0 Å². The summed E-state index contributed by atoms with van der Waals surface area (Å²) in [4.78, 5) is 40.2. The van der Waals surface area contributed by atoms with E-state index < -0.39 is 11.9 Å². The van der Waals surface area contributed by atoms with E-state index in [4.69, 9.17) is 10.2 Å².